The number of fused-ring (bicyclic) bond motifs is 1. The molecule has 4 rings (SSSR count). The van der Waals surface area contributed by atoms with Crippen LogP contribution in [-0.2, 0) is 15.7 Å². The van der Waals surface area contributed by atoms with Crippen LogP contribution in [0.1, 0.15) is 25.1 Å². The summed E-state index contributed by atoms with van der Waals surface area (Å²) < 4.78 is 50.0. The van der Waals surface area contributed by atoms with E-state index in [1.165, 1.54) is 12.5 Å². The number of rotatable bonds is 5. The molecule has 3 aromatic heterocycles. The molecule has 0 aromatic carbocycles. The molecule has 11 heteroatoms. The van der Waals surface area contributed by atoms with Gasteiger partial charge in [0.05, 0.1) is 19.6 Å². The van der Waals surface area contributed by atoms with Crippen molar-refractivity contribution in [2.75, 3.05) is 33.3 Å². The third kappa shape index (κ3) is 8.55. The van der Waals surface area contributed by atoms with Crippen molar-refractivity contribution in [2.45, 2.75) is 26.9 Å². The van der Waals surface area contributed by atoms with Crippen LogP contribution in [0.2, 0.25) is 0 Å². The fraction of sp³-hybridized carbons (Fsp3) is 0.346. The summed E-state index contributed by atoms with van der Waals surface area (Å²) in [6.07, 6.45) is 6.70. The normalized spacial score (nSPS) is 14.1. The Hall–Kier alpha value is -4.02. The zero-order chi connectivity index (χ0) is 27.4. The van der Waals surface area contributed by atoms with E-state index in [9.17, 15) is 18.0 Å². The number of nitrogens with zero attached hydrogens (tertiary/aromatic N) is 5. The van der Waals surface area contributed by atoms with E-state index in [1.54, 1.807) is 37.1 Å². The number of hydrogen-bond donors (Lipinski definition) is 0. The minimum atomic E-state index is -4.51. The summed E-state index contributed by atoms with van der Waals surface area (Å²) in [5.41, 5.74) is -0.00874. The highest BCUT2D eigenvalue weighted by molar-refractivity contribution is 5.59. The lowest BCUT2D eigenvalue weighted by molar-refractivity contribution is -0.142. The smallest absolute Gasteiger partial charge is 0.433 e. The number of amides is 1. The van der Waals surface area contributed by atoms with Crippen molar-refractivity contribution in [3.05, 3.63) is 78.7 Å². The van der Waals surface area contributed by atoms with Crippen molar-refractivity contribution < 1.29 is 27.1 Å². The molecule has 0 bridgehead atoms. The Morgan fingerprint density at radius 1 is 1.22 bits per heavy atom. The monoisotopic (exact) mass is 519 g/mol. The van der Waals surface area contributed by atoms with E-state index in [-0.39, 0.29) is 17.1 Å². The van der Waals surface area contributed by atoms with Gasteiger partial charge in [0, 0.05) is 37.9 Å². The van der Waals surface area contributed by atoms with E-state index in [1.807, 2.05) is 32.2 Å². The fourth-order valence-electron chi connectivity index (χ4n) is 3.24. The maximum absolute atomic E-state index is 13.0. The summed E-state index contributed by atoms with van der Waals surface area (Å²) >= 11 is 0. The Kier molecular flexibility index (Phi) is 11.0. The van der Waals surface area contributed by atoms with Crippen molar-refractivity contribution in [1.82, 2.24) is 24.4 Å². The number of carbonyl (C=O) groups excluding carboxylic acids is 1. The molecule has 1 saturated heterocycles. The number of piperazine rings is 1. The highest BCUT2D eigenvalue weighted by Gasteiger charge is 2.35. The van der Waals surface area contributed by atoms with Crippen LogP contribution in [0.4, 0.5) is 13.2 Å². The van der Waals surface area contributed by atoms with Gasteiger partial charge in [-0.15, -0.1) is 0 Å². The first-order valence-corrected chi connectivity index (χ1v) is 11.5. The molecular formula is C26H32F3N5O3. The van der Waals surface area contributed by atoms with Gasteiger partial charge in [0.2, 0.25) is 6.41 Å². The second-order valence-electron chi connectivity index (χ2n) is 7.95. The molecule has 1 amide bonds. The van der Waals surface area contributed by atoms with Gasteiger partial charge in [-0.2, -0.15) is 18.3 Å². The lowest BCUT2D eigenvalue weighted by atomic mass is 10.2. The van der Waals surface area contributed by atoms with Crippen LogP contribution in [0.15, 0.2) is 71.8 Å². The second kappa shape index (κ2) is 13.9. The molecular weight excluding hydrogens is 487 g/mol. The Balaban J connectivity index is 0.000000232. The fourth-order valence-corrected chi connectivity index (χ4v) is 3.24. The standard InChI is InChI=1S/C12H8F3N3O.C9H16N2O2.C5H8/c1-7-6-16-18-10(12(13,14)15)5-8(17-11(7)18)9-3-2-4-19-9;1-9(13-2)7-10-3-5-11(8-12)6-4-10;1-3-5-4-2/h2-6H,1H3;7-8H,3-6H2,1-2H3;3-5H,1H2,2H3/b;9-7-;5-4-. The summed E-state index contributed by atoms with van der Waals surface area (Å²) in [7, 11) is 1.66. The van der Waals surface area contributed by atoms with Crippen molar-refractivity contribution in [3.63, 3.8) is 0 Å². The summed E-state index contributed by atoms with van der Waals surface area (Å²) in [6.45, 7) is 12.4. The lowest BCUT2D eigenvalue weighted by Gasteiger charge is -2.31. The predicted molar refractivity (Wildman–Crippen MR) is 135 cm³/mol. The zero-order valence-corrected chi connectivity index (χ0v) is 21.4. The minimum Gasteiger partial charge on any atom is -0.500 e. The highest BCUT2D eigenvalue weighted by Crippen LogP contribution is 2.32. The van der Waals surface area contributed by atoms with Crippen molar-refractivity contribution in [3.8, 4) is 11.5 Å². The topological polar surface area (TPSA) is 76.1 Å². The first-order chi connectivity index (χ1) is 17.6. The van der Waals surface area contributed by atoms with E-state index in [2.05, 4.69) is 21.6 Å². The number of carbonyl (C=O) groups is 1. The predicted octanol–water partition coefficient (Wildman–Crippen LogP) is 5.33. The molecule has 3 aromatic rings. The Bertz CT molecular complexity index is 1190. The van der Waals surface area contributed by atoms with Gasteiger partial charge >= 0.3 is 6.18 Å². The molecule has 200 valence electrons. The van der Waals surface area contributed by atoms with Gasteiger partial charge in [-0.1, -0.05) is 24.8 Å². The van der Waals surface area contributed by atoms with E-state index in [0.717, 1.165) is 48.9 Å². The molecule has 0 aliphatic carbocycles. The summed E-state index contributed by atoms with van der Waals surface area (Å²) in [6, 6.07) is 4.08. The largest absolute Gasteiger partial charge is 0.500 e. The molecule has 1 fully saturated rings. The van der Waals surface area contributed by atoms with E-state index in [4.69, 9.17) is 9.15 Å². The quantitative estimate of drug-likeness (QED) is 0.258. The lowest BCUT2D eigenvalue weighted by Crippen LogP contribution is -2.43. The van der Waals surface area contributed by atoms with Crippen LogP contribution < -0.4 is 0 Å². The molecule has 0 spiro atoms. The van der Waals surface area contributed by atoms with Crippen molar-refractivity contribution in [2.24, 2.45) is 0 Å². The van der Waals surface area contributed by atoms with Gasteiger partial charge in [-0.05, 0) is 39.0 Å². The maximum Gasteiger partial charge on any atom is 0.433 e. The zero-order valence-electron chi connectivity index (χ0n) is 21.4. The molecule has 8 nitrogen and oxygen atoms in total. The number of ether oxygens (including phenoxy) is 1. The molecule has 0 radical (unpaired) electrons. The van der Waals surface area contributed by atoms with Crippen molar-refractivity contribution >= 4 is 12.1 Å². The number of alkyl halides is 3. The maximum atomic E-state index is 13.0. The van der Waals surface area contributed by atoms with Crippen LogP contribution >= 0.6 is 0 Å². The Morgan fingerprint density at radius 3 is 2.38 bits per heavy atom. The molecule has 0 atom stereocenters. The van der Waals surface area contributed by atoms with Gasteiger partial charge in [-0.25, -0.2) is 9.50 Å². The summed E-state index contributed by atoms with van der Waals surface area (Å²) in [4.78, 5) is 18.5. The number of methoxy groups -OCH3 is 1. The number of halogens is 3. The molecule has 4 heterocycles. The third-order valence-corrected chi connectivity index (χ3v) is 5.23. The number of aromatic nitrogens is 3. The van der Waals surface area contributed by atoms with E-state index < -0.39 is 11.9 Å². The van der Waals surface area contributed by atoms with Crippen LogP contribution in [0.3, 0.4) is 0 Å². The summed E-state index contributed by atoms with van der Waals surface area (Å²) in [5.74, 6) is 1.19. The highest BCUT2D eigenvalue weighted by atomic mass is 19.4. The van der Waals surface area contributed by atoms with Crippen LogP contribution in [0.5, 0.6) is 0 Å². The average molecular weight is 520 g/mol. The first kappa shape index (κ1) is 29.2. The van der Waals surface area contributed by atoms with Gasteiger partial charge in [0.25, 0.3) is 0 Å². The van der Waals surface area contributed by atoms with Gasteiger partial charge in [-0.3, -0.25) is 4.79 Å². The minimum absolute atomic E-state index is 0.133. The molecule has 1 aliphatic rings. The molecule has 37 heavy (non-hydrogen) atoms. The second-order valence-corrected chi connectivity index (χ2v) is 7.95. The summed E-state index contributed by atoms with van der Waals surface area (Å²) in [5, 5.41) is 3.71. The Labute approximate surface area is 214 Å². The average Bonchev–Trinajstić information content (AvgIpc) is 3.55. The van der Waals surface area contributed by atoms with E-state index >= 15 is 0 Å². The van der Waals surface area contributed by atoms with Crippen LogP contribution in [-0.4, -0.2) is 64.1 Å². The number of aryl methyl sites for hydroxylation is 1. The molecule has 0 saturated carbocycles. The third-order valence-electron chi connectivity index (χ3n) is 5.23. The number of allylic oxidation sites excluding steroid dienone is 4. The van der Waals surface area contributed by atoms with E-state index in [0.29, 0.717) is 5.56 Å². The van der Waals surface area contributed by atoms with Crippen LogP contribution in [0.25, 0.3) is 17.1 Å². The van der Waals surface area contributed by atoms with Crippen LogP contribution in [0, 0.1) is 6.92 Å². The first-order valence-electron chi connectivity index (χ1n) is 11.5. The Morgan fingerprint density at radius 2 is 1.89 bits per heavy atom. The molecule has 1 aliphatic heterocycles. The van der Waals surface area contributed by atoms with Gasteiger partial charge in [0.15, 0.2) is 17.1 Å². The van der Waals surface area contributed by atoms with Gasteiger partial charge < -0.3 is 19.0 Å². The number of furan rings is 1. The SMILES string of the molecule is C=C/C=C\C.CO/C(C)=C\N1CCN(C=O)CC1.Cc1cnn2c(C(F)(F)F)cc(-c3ccco3)nc12. The molecule has 0 unspecified atom stereocenters. The van der Waals surface area contributed by atoms with Crippen molar-refractivity contribution in [1.29, 1.82) is 0 Å². The molecule has 0 N–H and O–H groups in total. The number of hydrogen-bond acceptors (Lipinski definition) is 6. The van der Waals surface area contributed by atoms with Gasteiger partial charge in [0.1, 0.15) is 11.5 Å².